The van der Waals surface area contributed by atoms with Crippen molar-refractivity contribution in [2.75, 3.05) is 26.4 Å². The Morgan fingerprint density at radius 3 is 1.32 bits per heavy atom. The number of aliphatic hydroxyl groups excluding tert-OH is 11. The van der Waals surface area contributed by atoms with Crippen LogP contribution < -0.4 is 0 Å². The predicted octanol–water partition coefficient (Wildman–Crippen LogP) is 2.37. The van der Waals surface area contributed by atoms with E-state index in [0.717, 1.165) is 57.8 Å². The van der Waals surface area contributed by atoms with Crippen LogP contribution in [0.2, 0.25) is 0 Å². The van der Waals surface area contributed by atoms with E-state index in [4.69, 9.17) is 37.5 Å². The van der Waals surface area contributed by atoms with Crippen molar-refractivity contribution < 1.29 is 113 Å². The van der Waals surface area contributed by atoms with E-state index in [-0.39, 0.29) is 12.8 Å². The number of allylic oxidation sites excluding steroid dienone is 2. The van der Waals surface area contributed by atoms with E-state index in [1.165, 1.54) is 64.2 Å². The van der Waals surface area contributed by atoms with E-state index in [9.17, 15) is 75.2 Å². The standard InChI is InChI=1S/C51H93O23P/c1-3-5-7-9-11-13-15-16-18-20-22-24-26-28-37(55)69-33(31-67-36(54)27-25-23-21-19-17-14-12-10-8-6-4-2)32-68-75(65,66)74-49-47(72-50-45(63)40(58)38(56)34(29-52)70-50)43(61)42(60)44(62)48(49)73-51-46(64)41(59)39(57)35(30-53)71-51/h16,18,33-35,38-53,56-64H,3-15,17,19-32H2,1-2H3,(H,65,66). The molecule has 24 heteroatoms. The van der Waals surface area contributed by atoms with E-state index >= 15 is 0 Å². The minimum Gasteiger partial charge on any atom is -0.462 e. The van der Waals surface area contributed by atoms with Gasteiger partial charge in [0, 0.05) is 12.8 Å². The van der Waals surface area contributed by atoms with Crippen molar-refractivity contribution in [3.05, 3.63) is 12.2 Å². The topological polar surface area (TPSA) is 368 Å². The van der Waals surface area contributed by atoms with Crippen molar-refractivity contribution in [1.82, 2.24) is 0 Å². The Hall–Kier alpha value is -1.81. The molecule has 1 saturated carbocycles. The van der Waals surface area contributed by atoms with Gasteiger partial charge in [0.2, 0.25) is 0 Å². The Morgan fingerprint density at radius 2 is 0.880 bits per heavy atom. The highest BCUT2D eigenvalue weighted by Gasteiger charge is 2.58. The second kappa shape index (κ2) is 37.2. The molecule has 0 aromatic rings. The molecule has 440 valence electrons. The smallest absolute Gasteiger partial charge is 0.462 e. The van der Waals surface area contributed by atoms with Crippen LogP contribution in [0.3, 0.4) is 0 Å². The van der Waals surface area contributed by atoms with Gasteiger partial charge in [-0.3, -0.25) is 18.6 Å². The van der Waals surface area contributed by atoms with Gasteiger partial charge in [-0.05, 0) is 38.5 Å². The maximum Gasteiger partial charge on any atom is 0.472 e. The van der Waals surface area contributed by atoms with Crippen molar-refractivity contribution >= 4 is 19.8 Å². The Labute approximate surface area is 442 Å². The highest BCUT2D eigenvalue weighted by Crippen LogP contribution is 2.49. The quantitative estimate of drug-likeness (QED) is 0.0182. The van der Waals surface area contributed by atoms with Crippen LogP contribution in [0.1, 0.15) is 168 Å². The first-order valence-electron chi connectivity index (χ1n) is 27.5. The maximum atomic E-state index is 14.0. The molecule has 23 nitrogen and oxygen atoms in total. The van der Waals surface area contributed by atoms with Gasteiger partial charge >= 0.3 is 19.8 Å². The molecule has 2 saturated heterocycles. The zero-order valence-electron chi connectivity index (χ0n) is 44.1. The zero-order chi connectivity index (χ0) is 55.3. The Kier molecular flexibility index (Phi) is 33.5. The summed E-state index contributed by atoms with van der Waals surface area (Å²) in [6.45, 7) is 0.948. The largest absolute Gasteiger partial charge is 0.472 e. The molecule has 16 unspecified atom stereocenters. The molecule has 3 rings (SSSR count). The Morgan fingerprint density at radius 1 is 0.493 bits per heavy atom. The summed E-state index contributed by atoms with van der Waals surface area (Å²) >= 11 is 0. The van der Waals surface area contributed by atoms with Crippen LogP contribution in [0.4, 0.5) is 0 Å². The molecular weight excluding hydrogens is 1010 g/mol. The number of phosphoric ester groups is 1. The predicted molar refractivity (Wildman–Crippen MR) is 268 cm³/mol. The van der Waals surface area contributed by atoms with Crippen molar-refractivity contribution in [2.45, 2.75) is 272 Å². The lowest BCUT2D eigenvalue weighted by Crippen LogP contribution is -2.69. The first-order chi connectivity index (χ1) is 35.9. The van der Waals surface area contributed by atoms with E-state index < -0.39 is 150 Å². The first-order valence-corrected chi connectivity index (χ1v) is 29.0. The van der Waals surface area contributed by atoms with E-state index in [1.54, 1.807) is 0 Å². The molecule has 0 aromatic carbocycles. The average Bonchev–Trinajstić information content (AvgIpc) is 3.39. The SMILES string of the molecule is CCCCCCCCC=CCCCCCC(=O)OC(COC(=O)CCCCCCCCCCCCC)COP(=O)(O)OC1C(OC2OC(CO)C(O)C(O)C2O)C(O)C(O)C(O)C1OC1OC(CO)C(O)C(O)C1O. The van der Waals surface area contributed by atoms with Crippen LogP contribution in [0, 0.1) is 0 Å². The molecule has 0 aromatic heterocycles. The van der Waals surface area contributed by atoms with Crippen LogP contribution in [-0.4, -0.2) is 204 Å². The van der Waals surface area contributed by atoms with Crippen LogP contribution >= 0.6 is 7.82 Å². The lowest BCUT2D eigenvalue weighted by atomic mass is 9.84. The molecule has 12 N–H and O–H groups in total. The molecule has 3 fully saturated rings. The molecule has 1 aliphatic carbocycles. The second-order valence-corrected chi connectivity index (χ2v) is 21.5. The number of aliphatic hydroxyl groups is 11. The second-order valence-electron chi connectivity index (χ2n) is 20.1. The summed E-state index contributed by atoms with van der Waals surface area (Å²) in [6, 6.07) is 0. The summed E-state index contributed by atoms with van der Waals surface area (Å²) in [5, 5.41) is 116. The molecule has 0 radical (unpaired) electrons. The molecule has 0 spiro atoms. The van der Waals surface area contributed by atoms with Crippen LogP contribution in [0.5, 0.6) is 0 Å². The van der Waals surface area contributed by atoms with E-state index in [0.29, 0.717) is 19.3 Å². The van der Waals surface area contributed by atoms with Gasteiger partial charge in [0.05, 0.1) is 19.8 Å². The maximum absolute atomic E-state index is 14.0. The normalized spacial score (nSPS) is 32.6. The van der Waals surface area contributed by atoms with Crippen molar-refractivity contribution in [1.29, 1.82) is 0 Å². The molecule has 2 heterocycles. The van der Waals surface area contributed by atoms with Crippen LogP contribution in [-0.2, 0) is 51.6 Å². The summed E-state index contributed by atoms with van der Waals surface area (Å²) in [5.41, 5.74) is 0. The molecule has 75 heavy (non-hydrogen) atoms. The highest BCUT2D eigenvalue weighted by atomic mass is 31.2. The number of carbonyl (C=O) groups is 2. The van der Waals surface area contributed by atoms with Gasteiger partial charge in [-0.1, -0.05) is 129 Å². The molecule has 3 aliphatic rings. The van der Waals surface area contributed by atoms with Crippen molar-refractivity contribution in [3.8, 4) is 0 Å². The number of unbranched alkanes of at least 4 members (excludes halogenated alkanes) is 19. The number of carbonyl (C=O) groups excluding carboxylic acids is 2. The monoisotopic (exact) mass is 1100 g/mol. The minimum absolute atomic E-state index is 0.0495. The third-order valence-corrected chi connectivity index (χ3v) is 14.8. The van der Waals surface area contributed by atoms with Gasteiger partial charge in [0.25, 0.3) is 0 Å². The zero-order valence-corrected chi connectivity index (χ0v) is 45.0. The number of ether oxygens (including phenoxy) is 6. The summed E-state index contributed by atoms with van der Waals surface area (Å²) in [5.74, 6) is -1.35. The third-order valence-electron chi connectivity index (χ3n) is 13.8. The molecule has 0 bridgehead atoms. The van der Waals surface area contributed by atoms with E-state index in [1.807, 2.05) is 0 Å². The lowest BCUT2D eigenvalue weighted by Gasteiger charge is -2.49. The fourth-order valence-corrected chi connectivity index (χ4v) is 10.1. The fourth-order valence-electron chi connectivity index (χ4n) is 9.17. The minimum atomic E-state index is -5.63. The molecular formula is C51H93O23P. The Bertz CT molecular complexity index is 1560. The number of rotatable bonds is 39. The van der Waals surface area contributed by atoms with Gasteiger partial charge in [-0.15, -0.1) is 0 Å². The summed E-state index contributed by atoms with van der Waals surface area (Å²) in [7, 11) is -5.63. The average molecular weight is 1110 g/mol. The molecule has 0 amide bonds. The summed E-state index contributed by atoms with van der Waals surface area (Å²) in [6.07, 6.45) is -7.69. The van der Waals surface area contributed by atoms with Gasteiger partial charge in [-0.25, -0.2) is 4.57 Å². The number of hydrogen-bond donors (Lipinski definition) is 12. The number of phosphoric acid groups is 1. The fraction of sp³-hybridized carbons (Fsp3) is 0.922. The van der Waals surface area contributed by atoms with Crippen molar-refractivity contribution in [3.63, 3.8) is 0 Å². The molecule has 2 aliphatic heterocycles. The van der Waals surface area contributed by atoms with Gasteiger partial charge < -0.3 is 89.5 Å². The summed E-state index contributed by atoms with van der Waals surface area (Å²) < 4.78 is 57.9. The van der Waals surface area contributed by atoms with Gasteiger partial charge in [-0.2, -0.15) is 0 Å². The Balaban J connectivity index is 1.75. The van der Waals surface area contributed by atoms with Crippen LogP contribution in [0.15, 0.2) is 12.2 Å². The summed E-state index contributed by atoms with van der Waals surface area (Å²) in [4.78, 5) is 37.3. The highest BCUT2D eigenvalue weighted by molar-refractivity contribution is 7.47. The van der Waals surface area contributed by atoms with E-state index in [2.05, 4.69) is 26.0 Å². The van der Waals surface area contributed by atoms with Crippen LogP contribution in [0.25, 0.3) is 0 Å². The number of hydrogen-bond acceptors (Lipinski definition) is 22. The van der Waals surface area contributed by atoms with Gasteiger partial charge in [0.1, 0.15) is 92.1 Å². The third kappa shape index (κ3) is 23.8. The number of esters is 2. The molecule has 16 atom stereocenters. The first kappa shape index (κ1) is 67.5. The van der Waals surface area contributed by atoms with Gasteiger partial charge in [0.15, 0.2) is 18.7 Å². The van der Waals surface area contributed by atoms with Crippen molar-refractivity contribution in [2.24, 2.45) is 0 Å². The lowest BCUT2D eigenvalue weighted by molar-refractivity contribution is -0.360.